The molecular formula is C17H29N3S. The number of hydrogen-bond donors (Lipinski definition) is 1. The summed E-state index contributed by atoms with van der Waals surface area (Å²) in [5.41, 5.74) is 2.42. The Labute approximate surface area is 133 Å². The molecule has 1 saturated carbocycles. The molecule has 21 heavy (non-hydrogen) atoms. The van der Waals surface area contributed by atoms with E-state index in [1.165, 1.54) is 37.7 Å². The SMILES string of the molecule is CCCNc1nc(CSC2CCCCC2)nc(C)c1CC. The quantitative estimate of drug-likeness (QED) is 0.790. The first-order valence-corrected chi connectivity index (χ1v) is 9.51. The van der Waals surface area contributed by atoms with Crippen LogP contribution in [0.25, 0.3) is 0 Å². The number of hydrogen-bond acceptors (Lipinski definition) is 4. The highest BCUT2D eigenvalue weighted by Crippen LogP contribution is 2.30. The summed E-state index contributed by atoms with van der Waals surface area (Å²) in [6.07, 6.45) is 9.08. The van der Waals surface area contributed by atoms with Gasteiger partial charge in [-0.05, 0) is 32.6 Å². The van der Waals surface area contributed by atoms with Crippen molar-refractivity contribution in [2.75, 3.05) is 11.9 Å². The summed E-state index contributed by atoms with van der Waals surface area (Å²) < 4.78 is 0. The van der Waals surface area contributed by atoms with Gasteiger partial charge in [-0.3, -0.25) is 0 Å². The van der Waals surface area contributed by atoms with E-state index in [-0.39, 0.29) is 0 Å². The molecule has 0 spiro atoms. The molecule has 0 bridgehead atoms. The molecular weight excluding hydrogens is 278 g/mol. The van der Waals surface area contributed by atoms with E-state index in [0.29, 0.717) is 0 Å². The molecule has 118 valence electrons. The number of rotatable bonds is 7. The zero-order valence-corrected chi connectivity index (χ0v) is 14.6. The first-order chi connectivity index (χ1) is 10.2. The summed E-state index contributed by atoms with van der Waals surface area (Å²) in [4.78, 5) is 9.51. The number of nitrogens with one attached hydrogen (secondary N) is 1. The fourth-order valence-corrected chi connectivity index (χ4v) is 4.14. The fourth-order valence-electron chi connectivity index (χ4n) is 2.96. The molecule has 0 aliphatic heterocycles. The summed E-state index contributed by atoms with van der Waals surface area (Å²) >= 11 is 2.05. The second kappa shape index (κ2) is 8.62. The third-order valence-corrected chi connectivity index (χ3v) is 5.52. The molecule has 0 aromatic carbocycles. The number of thioether (sulfide) groups is 1. The van der Waals surface area contributed by atoms with E-state index in [1.54, 1.807) is 0 Å². The van der Waals surface area contributed by atoms with Gasteiger partial charge in [0.1, 0.15) is 11.6 Å². The van der Waals surface area contributed by atoms with Gasteiger partial charge in [-0.2, -0.15) is 11.8 Å². The highest BCUT2D eigenvalue weighted by atomic mass is 32.2. The molecule has 1 aliphatic carbocycles. The Bertz CT molecular complexity index is 442. The lowest BCUT2D eigenvalue weighted by Crippen LogP contribution is -2.12. The van der Waals surface area contributed by atoms with Crippen molar-refractivity contribution in [3.8, 4) is 0 Å². The van der Waals surface area contributed by atoms with Crippen molar-refractivity contribution < 1.29 is 0 Å². The van der Waals surface area contributed by atoms with Gasteiger partial charge in [-0.1, -0.05) is 33.1 Å². The second-order valence-corrected chi connectivity index (χ2v) is 7.19. The Morgan fingerprint density at radius 3 is 2.57 bits per heavy atom. The summed E-state index contributed by atoms with van der Waals surface area (Å²) in [7, 11) is 0. The van der Waals surface area contributed by atoms with E-state index in [0.717, 1.165) is 47.7 Å². The zero-order valence-electron chi connectivity index (χ0n) is 13.7. The summed E-state index contributed by atoms with van der Waals surface area (Å²) in [5, 5.41) is 4.29. The minimum atomic E-state index is 0.820. The second-order valence-electron chi connectivity index (χ2n) is 5.90. The van der Waals surface area contributed by atoms with Crippen LogP contribution in [0, 0.1) is 6.92 Å². The van der Waals surface area contributed by atoms with E-state index in [9.17, 15) is 0 Å². The van der Waals surface area contributed by atoms with Crippen LogP contribution in [-0.4, -0.2) is 21.8 Å². The average Bonchev–Trinajstić information content (AvgIpc) is 2.51. The van der Waals surface area contributed by atoms with Crippen molar-refractivity contribution in [2.24, 2.45) is 0 Å². The molecule has 3 nitrogen and oxygen atoms in total. The van der Waals surface area contributed by atoms with Crippen LogP contribution in [0.4, 0.5) is 5.82 Å². The Morgan fingerprint density at radius 1 is 1.14 bits per heavy atom. The van der Waals surface area contributed by atoms with Crippen LogP contribution < -0.4 is 5.32 Å². The largest absolute Gasteiger partial charge is 0.370 e. The molecule has 0 atom stereocenters. The van der Waals surface area contributed by atoms with E-state index in [2.05, 4.69) is 37.8 Å². The van der Waals surface area contributed by atoms with Crippen LogP contribution >= 0.6 is 11.8 Å². The molecule has 1 fully saturated rings. The Balaban J connectivity index is 2.02. The van der Waals surface area contributed by atoms with E-state index < -0.39 is 0 Å². The normalized spacial score (nSPS) is 16.1. The van der Waals surface area contributed by atoms with Crippen molar-refractivity contribution in [3.63, 3.8) is 0 Å². The lowest BCUT2D eigenvalue weighted by molar-refractivity contribution is 0.516. The van der Waals surface area contributed by atoms with Gasteiger partial charge in [0, 0.05) is 23.1 Å². The third kappa shape index (κ3) is 4.87. The van der Waals surface area contributed by atoms with Crippen molar-refractivity contribution >= 4 is 17.6 Å². The molecule has 4 heteroatoms. The molecule has 0 saturated heterocycles. The summed E-state index contributed by atoms with van der Waals surface area (Å²) in [5.74, 6) is 3.01. The van der Waals surface area contributed by atoms with Gasteiger partial charge in [0.05, 0.1) is 5.75 Å². The monoisotopic (exact) mass is 307 g/mol. The van der Waals surface area contributed by atoms with Crippen LogP contribution in [0.3, 0.4) is 0 Å². The lowest BCUT2D eigenvalue weighted by atomic mass is 10.0. The first-order valence-electron chi connectivity index (χ1n) is 8.46. The van der Waals surface area contributed by atoms with Gasteiger partial charge < -0.3 is 5.32 Å². The highest BCUT2D eigenvalue weighted by molar-refractivity contribution is 7.99. The van der Waals surface area contributed by atoms with Gasteiger partial charge in [0.25, 0.3) is 0 Å². The van der Waals surface area contributed by atoms with Gasteiger partial charge in [-0.15, -0.1) is 0 Å². The molecule has 0 amide bonds. The molecule has 0 radical (unpaired) electrons. The minimum absolute atomic E-state index is 0.820. The lowest BCUT2D eigenvalue weighted by Gasteiger charge is -2.21. The van der Waals surface area contributed by atoms with Crippen molar-refractivity contribution in [1.29, 1.82) is 0 Å². The summed E-state index contributed by atoms with van der Waals surface area (Å²) in [6, 6.07) is 0. The van der Waals surface area contributed by atoms with Crippen LogP contribution in [-0.2, 0) is 12.2 Å². The van der Waals surface area contributed by atoms with Crippen molar-refractivity contribution in [3.05, 3.63) is 17.1 Å². The number of nitrogens with zero attached hydrogens (tertiary/aromatic N) is 2. The van der Waals surface area contributed by atoms with Crippen LogP contribution in [0.1, 0.15) is 69.5 Å². The number of anilines is 1. The topological polar surface area (TPSA) is 37.8 Å². The maximum Gasteiger partial charge on any atom is 0.140 e. The smallest absolute Gasteiger partial charge is 0.140 e. The first kappa shape index (κ1) is 16.6. The van der Waals surface area contributed by atoms with Gasteiger partial charge >= 0.3 is 0 Å². The van der Waals surface area contributed by atoms with Gasteiger partial charge in [-0.25, -0.2) is 9.97 Å². The van der Waals surface area contributed by atoms with Crippen LogP contribution in [0.2, 0.25) is 0 Å². The maximum atomic E-state index is 4.78. The Morgan fingerprint density at radius 2 is 1.90 bits per heavy atom. The number of aromatic nitrogens is 2. The standard InChI is InChI=1S/C17H29N3S/c1-4-11-18-17-15(5-2)13(3)19-16(20-17)12-21-14-9-7-6-8-10-14/h14H,4-12H2,1-3H3,(H,18,19,20). The van der Waals surface area contributed by atoms with E-state index in [1.807, 2.05) is 0 Å². The molecule has 2 rings (SSSR count). The van der Waals surface area contributed by atoms with Crippen molar-refractivity contribution in [2.45, 2.75) is 76.7 Å². The van der Waals surface area contributed by atoms with E-state index >= 15 is 0 Å². The van der Waals surface area contributed by atoms with Gasteiger partial charge in [0.15, 0.2) is 0 Å². The Kier molecular flexibility index (Phi) is 6.81. The van der Waals surface area contributed by atoms with E-state index in [4.69, 9.17) is 9.97 Å². The highest BCUT2D eigenvalue weighted by Gasteiger charge is 2.15. The summed E-state index contributed by atoms with van der Waals surface area (Å²) in [6.45, 7) is 7.47. The molecule has 1 aromatic heterocycles. The Hall–Kier alpha value is -0.770. The predicted octanol–water partition coefficient (Wildman–Crippen LogP) is 4.74. The van der Waals surface area contributed by atoms with Crippen molar-refractivity contribution in [1.82, 2.24) is 9.97 Å². The molecule has 1 heterocycles. The van der Waals surface area contributed by atoms with Crippen LogP contribution in [0.15, 0.2) is 0 Å². The predicted molar refractivity (Wildman–Crippen MR) is 93.1 cm³/mol. The third-order valence-electron chi connectivity index (χ3n) is 4.16. The fraction of sp³-hybridized carbons (Fsp3) is 0.765. The zero-order chi connectivity index (χ0) is 15.1. The molecule has 0 unspecified atom stereocenters. The molecule has 1 aromatic rings. The molecule has 1 aliphatic rings. The molecule has 1 N–H and O–H groups in total. The van der Waals surface area contributed by atoms with Crippen LogP contribution in [0.5, 0.6) is 0 Å². The average molecular weight is 308 g/mol. The maximum absolute atomic E-state index is 4.78. The minimum Gasteiger partial charge on any atom is -0.370 e. The number of aryl methyl sites for hydroxylation is 1. The van der Waals surface area contributed by atoms with Gasteiger partial charge in [0.2, 0.25) is 0 Å².